The quantitative estimate of drug-likeness (QED) is 0.342. The minimum atomic E-state index is -0.318. The number of nitrogens with one attached hydrogen (secondary N) is 2. The predicted octanol–water partition coefficient (Wildman–Crippen LogP) is 5.00. The number of aromatic nitrogens is 3. The zero-order chi connectivity index (χ0) is 26.3. The number of carbonyl (C=O) groups excluding carboxylic acids is 1. The summed E-state index contributed by atoms with van der Waals surface area (Å²) >= 11 is 1.64. The van der Waals surface area contributed by atoms with Crippen LogP contribution in [0.3, 0.4) is 0 Å². The maximum Gasteiger partial charge on any atom is 0.293 e. The molecule has 0 radical (unpaired) electrons. The van der Waals surface area contributed by atoms with Crippen molar-refractivity contribution in [2.75, 3.05) is 31.5 Å². The predicted molar refractivity (Wildman–Crippen MR) is 145 cm³/mol. The first-order valence-electron chi connectivity index (χ1n) is 12.1. The van der Waals surface area contributed by atoms with Gasteiger partial charge in [0.2, 0.25) is 5.95 Å². The Labute approximate surface area is 219 Å². The van der Waals surface area contributed by atoms with Crippen LogP contribution in [0.15, 0.2) is 54.2 Å². The van der Waals surface area contributed by atoms with Crippen LogP contribution in [0.1, 0.15) is 26.3 Å². The van der Waals surface area contributed by atoms with E-state index in [1.807, 2.05) is 32.3 Å². The third kappa shape index (κ3) is 7.75. The van der Waals surface area contributed by atoms with Gasteiger partial charge in [0, 0.05) is 67.1 Å². The average molecular weight is 523 g/mol. The molecule has 3 heterocycles. The average Bonchev–Trinajstić information content (AvgIpc) is 3.39. The lowest BCUT2D eigenvalue weighted by Gasteiger charge is -2.28. The van der Waals surface area contributed by atoms with Crippen molar-refractivity contribution >= 4 is 40.3 Å². The molecule has 10 heteroatoms. The van der Waals surface area contributed by atoms with Gasteiger partial charge in [-0.3, -0.25) is 9.69 Å². The Hall–Kier alpha value is -3.47. The number of anilines is 2. The van der Waals surface area contributed by atoms with E-state index in [1.165, 1.54) is 17.7 Å². The zero-order valence-electron chi connectivity index (χ0n) is 21.2. The van der Waals surface area contributed by atoms with E-state index in [4.69, 9.17) is 0 Å². The van der Waals surface area contributed by atoms with Crippen molar-refractivity contribution in [1.29, 1.82) is 0 Å². The van der Waals surface area contributed by atoms with Gasteiger partial charge in [0.1, 0.15) is 16.4 Å². The van der Waals surface area contributed by atoms with E-state index in [-0.39, 0.29) is 11.4 Å². The van der Waals surface area contributed by atoms with Gasteiger partial charge in [-0.2, -0.15) is 0 Å². The SMILES string of the molecule is CC(C)(C)OC=O.Fc1cccc(Nc2ncc3cc(-c4nccs4)c(CN4CCNCC4)cc3n2)c1. The Morgan fingerprint density at radius 1 is 1.19 bits per heavy atom. The number of ether oxygens (including phenoxy) is 1. The molecule has 4 aromatic rings. The summed E-state index contributed by atoms with van der Waals surface area (Å²) < 4.78 is 18.0. The molecule has 0 spiro atoms. The highest BCUT2D eigenvalue weighted by Crippen LogP contribution is 2.31. The smallest absolute Gasteiger partial charge is 0.293 e. The van der Waals surface area contributed by atoms with Crippen molar-refractivity contribution in [2.24, 2.45) is 0 Å². The van der Waals surface area contributed by atoms with Gasteiger partial charge in [-0.15, -0.1) is 11.3 Å². The van der Waals surface area contributed by atoms with E-state index in [0.29, 0.717) is 18.1 Å². The summed E-state index contributed by atoms with van der Waals surface area (Å²) in [7, 11) is 0. The molecule has 5 rings (SSSR count). The number of halogens is 1. The molecule has 0 aliphatic carbocycles. The summed E-state index contributed by atoms with van der Waals surface area (Å²) in [5.74, 6) is 0.149. The van der Waals surface area contributed by atoms with Crippen LogP contribution in [0.4, 0.5) is 16.0 Å². The van der Waals surface area contributed by atoms with Gasteiger partial charge in [-0.1, -0.05) is 6.07 Å². The summed E-state index contributed by atoms with van der Waals surface area (Å²) in [6.45, 7) is 10.8. The molecule has 1 aliphatic heterocycles. The maximum atomic E-state index is 13.5. The summed E-state index contributed by atoms with van der Waals surface area (Å²) in [6, 6.07) is 10.5. The first-order chi connectivity index (χ1) is 17.8. The number of piperazine rings is 1. The van der Waals surface area contributed by atoms with E-state index < -0.39 is 0 Å². The number of fused-ring (bicyclic) bond motifs is 1. The van der Waals surface area contributed by atoms with Gasteiger partial charge in [0.15, 0.2) is 0 Å². The topological polar surface area (TPSA) is 92.3 Å². The van der Waals surface area contributed by atoms with Crippen LogP contribution in [0, 0.1) is 5.82 Å². The molecule has 0 atom stereocenters. The molecule has 0 saturated carbocycles. The van der Waals surface area contributed by atoms with Crippen LogP contribution >= 0.6 is 11.3 Å². The Morgan fingerprint density at radius 2 is 2.00 bits per heavy atom. The Balaban J connectivity index is 0.000000405. The highest BCUT2D eigenvalue weighted by Gasteiger charge is 2.16. The molecule has 2 N–H and O–H groups in total. The number of benzene rings is 2. The van der Waals surface area contributed by atoms with Crippen LogP contribution in [0.25, 0.3) is 21.5 Å². The van der Waals surface area contributed by atoms with E-state index in [0.717, 1.165) is 54.2 Å². The van der Waals surface area contributed by atoms with Gasteiger partial charge >= 0.3 is 0 Å². The molecule has 2 aromatic carbocycles. The first kappa shape index (κ1) is 26.6. The summed E-state index contributed by atoms with van der Waals surface area (Å²) in [5.41, 5.74) is 3.49. The van der Waals surface area contributed by atoms with Gasteiger partial charge in [0.05, 0.1) is 5.52 Å². The number of carbonyl (C=O) groups is 1. The molecular formula is C27H31FN6O2S. The third-order valence-corrected chi connectivity index (χ3v) is 6.36. The fraction of sp³-hybridized carbons (Fsp3) is 0.333. The minimum absolute atomic E-state index is 0.299. The molecule has 0 amide bonds. The highest BCUT2D eigenvalue weighted by molar-refractivity contribution is 7.13. The Kier molecular flexibility index (Phi) is 8.75. The van der Waals surface area contributed by atoms with Crippen LogP contribution in [0.2, 0.25) is 0 Å². The normalized spacial score (nSPS) is 14.1. The Bertz CT molecular complexity index is 1320. The number of rotatable bonds is 6. The largest absolute Gasteiger partial charge is 0.462 e. The number of hydrogen-bond acceptors (Lipinski definition) is 9. The second-order valence-electron chi connectivity index (χ2n) is 9.59. The summed E-state index contributed by atoms with van der Waals surface area (Å²) in [6.07, 6.45) is 3.64. The lowest BCUT2D eigenvalue weighted by molar-refractivity contribution is -0.138. The van der Waals surface area contributed by atoms with Gasteiger partial charge in [-0.05, 0) is 56.7 Å². The number of hydrogen-bond donors (Lipinski definition) is 2. The molecule has 8 nitrogen and oxygen atoms in total. The number of nitrogens with zero attached hydrogens (tertiary/aromatic N) is 4. The van der Waals surface area contributed by atoms with Crippen LogP contribution in [-0.4, -0.2) is 58.1 Å². The molecule has 1 fully saturated rings. The van der Waals surface area contributed by atoms with E-state index in [1.54, 1.807) is 29.7 Å². The number of thiazole rings is 1. The summed E-state index contributed by atoms with van der Waals surface area (Å²) in [5, 5.41) is 10.4. The second kappa shape index (κ2) is 12.2. The van der Waals surface area contributed by atoms with Crippen molar-refractivity contribution in [2.45, 2.75) is 32.9 Å². The van der Waals surface area contributed by atoms with Crippen molar-refractivity contribution in [3.63, 3.8) is 0 Å². The van der Waals surface area contributed by atoms with Gasteiger partial charge < -0.3 is 15.4 Å². The van der Waals surface area contributed by atoms with Crippen molar-refractivity contribution in [3.05, 3.63) is 65.6 Å². The van der Waals surface area contributed by atoms with Crippen LogP contribution in [0.5, 0.6) is 0 Å². The fourth-order valence-corrected chi connectivity index (χ4v) is 4.51. The molecule has 1 aliphatic rings. The standard InChI is InChI=1S/C22H21FN6S.C5H10O2/c23-17-2-1-3-18(12-17)27-22-26-13-15-10-19(21-25-6-9-30-21)16(11-20(15)28-22)14-29-7-4-24-5-8-29;1-5(2,3)7-4-6/h1-3,6,9-13,24H,4-5,7-8,14H2,(H,26,27,28);4H,1-3H3. The molecular weight excluding hydrogens is 491 g/mol. The maximum absolute atomic E-state index is 13.5. The molecule has 0 unspecified atom stereocenters. The monoisotopic (exact) mass is 522 g/mol. The van der Waals surface area contributed by atoms with Crippen molar-refractivity contribution < 1.29 is 13.9 Å². The van der Waals surface area contributed by atoms with Crippen molar-refractivity contribution in [3.8, 4) is 10.6 Å². The van der Waals surface area contributed by atoms with E-state index in [2.05, 4.69) is 47.4 Å². The Morgan fingerprint density at radius 3 is 2.65 bits per heavy atom. The molecule has 194 valence electrons. The molecule has 1 saturated heterocycles. The molecule has 2 aromatic heterocycles. The van der Waals surface area contributed by atoms with E-state index >= 15 is 0 Å². The van der Waals surface area contributed by atoms with Crippen molar-refractivity contribution in [1.82, 2.24) is 25.2 Å². The second-order valence-corrected chi connectivity index (χ2v) is 10.5. The van der Waals surface area contributed by atoms with Gasteiger partial charge in [0.25, 0.3) is 6.47 Å². The highest BCUT2D eigenvalue weighted by atomic mass is 32.1. The third-order valence-electron chi connectivity index (χ3n) is 5.55. The minimum Gasteiger partial charge on any atom is -0.462 e. The molecule has 37 heavy (non-hydrogen) atoms. The van der Waals surface area contributed by atoms with Crippen LogP contribution in [-0.2, 0) is 16.1 Å². The summed E-state index contributed by atoms with van der Waals surface area (Å²) in [4.78, 5) is 25.7. The first-order valence-corrected chi connectivity index (χ1v) is 13.0. The lowest BCUT2D eigenvalue weighted by Crippen LogP contribution is -2.42. The van der Waals surface area contributed by atoms with Crippen LogP contribution < -0.4 is 10.6 Å². The van der Waals surface area contributed by atoms with E-state index in [9.17, 15) is 9.18 Å². The van der Waals surface area contributed by atoms with Gasteiger partial charge in [-0.25, -0.2) is 19.3 Å². The fourth-order valence-electron chi connectivity index (χ4n) is 3.82. The molecule has 0 bridgehead atoms. The zero-order valence-corrected chi connectivity index (χ0v) is 22.0. The lowest BCUT2D eigenvalue weighted by atomic mass is 10.0.